The molecule has 1 aromatic carbocycles. The Balaban J connectivity index is 1.59. The van der Waals surface area contributed by atoms with Crippen LogP contribution in [-0.2, 0) is 14.8 Å². The van der Waals surface area contributed by atoms with Gasteiger partial charge >= 0.3 is 0 Å². The van der Waals surface area contributed by atoms with Crippen LogP contribution in [0.25, 0.3) is 0 Å². The van der Waals surface area contributed by atoms with Crippen LogP contribution in [0.2, 0.25) is 5.02 Å². The third kappa shape index (κ3) is 4.08. The lowest BCUT2D eigenvalue weighted by molar-refractivity contribution is -0.124. The molecule has 1 aliphatic rings. The van der Waals surface area contributed by atoms with Crippen LogP contribution in [0.1, 0.15) is 23.2 Å². The van der Waals surface area contributed by atoms with Gasteiger partial charge in [0.1, 0.15) is 6.26 Å². The summed E-state index contributed by atoms with van der Waals surface area (Å²) in [6.45, 7) is 0.749. The number of nitrogens with zero attached hydrogens (tertiary/aromatic N) is 1. The van der Waals surface area contributed by atoms with Crippen molar-refractivity contribution in [2.24, 2.45) is 5.92 Å². The Morgan fingerprint density at radius 3 is 2.54 bits per heavy atom. The van der Waals surface area contributed by atoms with Gasteiger partial charge in [0.15, 0.2) is 0 Å². The molecule has 9 heteroatoms. The number of nitrogens with one attached hydrogen (secondary N) is 1. The van der Waals surface area contributed by atoms with Crippen molar-refractivity contribution in [1.29, 1.82) is 0 Å². The molecule has 0 saturated carbocycles. The lowest BCUT2D eigenvalue weighted by Gasteiger charge is -2.31. The van der Waals surface area contributed by atoms with Gasteiger partial charge < -0.3 is 9.32 Å². The smallest absolute Gasteiger partial charge is 0.264 e. The standard InChI is InChI=1S/C17H17ClN2O5S/c18-14-2-1-3-15(10-14)26(23,24)19-16(21)12-4-7-20(8-5-12)17(22)13-6-9-25-11-13/h1-3,6,9-12H,4-5,7-8H2,(H,19,21). The monoisotopic (exact) mass is 396 g/mol. The summed E-state index contributed by atoms with van der Waals surface area (Å²) < 4.78 is 31.6. The summed E-state index contributed by atoms with van der Waals surface area (Å²) in [4.78, 5) is 26.1. The second-order valence-electron chi connectivity index (χ2n) is 6.01. The van der Waals surface area contributed by atoms with Crippen molar-refractivity contribution in [2.45, 2.75) is 17.7 Å². The van der Waals surface area contributed by atoms with E-state index in [9.17, 15) is 18.0 Å². The van der Waals surface area contributed by atoms with Crippen LogP contribution in [0.5, 0.6) is 0 Å². The van der Waals surface area contributed by atoms with Gasteiger partial charge in [0.2, 0.25) is 5.91 Å². The van der Waals surface area contributed by atoms with Gasteiger partial charge in [-0.05, 0) is 37.1 Å². The van der Waals surface area contributed by atoms with Crippen molar-refractivity contribution >= 4 is 33.4 Å². The number of hydrogen-bond donors (Lipinski definition) is 1. The molecule has 1 saturated heterocycles. The molecule has 0 aliphatic carbocycles. The zero-order valence-electron chi connectivity index (χ0n) is 13.7. The molecule has 0 bridgehead atoms. The second kappa shape index (κ2) is 7.51. The number of carbonyl (C=O) groups excluding carboxylic acids is 2. The van der Waals surface area contributed by atoms with E-state index >= 15 is 0 Å². The molecular formula is C17H17ClN2O5S. The van der Waals surface area contributed by atoms with Crippen LogP contribution >= 0.6 is 11.6 Å². The number of rotatable bonds is 4. The highest BCUT2D eigenvalue weighted by atomic mass is 35.5. The summed E-state index contributed by atoms with van der Waals surface area (Å²) >= 11 is 5.80. The van der Waals surface area contributed by atoms with E-state index in [1.54, 1.807) is 17.0 Å². The highest BCUT2D eigenvalue weighted by Gasteiger charge is 2.30. The largest absolute Gasteiger partial charge is 0.472 e. The Hall–Kier alpha value is -2.32. The summed E-state index contributed by atoms with van der Waals surface area (Å²) in [6, 6.07) is 7.28. The number of piperidine rings is 1. The fourth-order valence-electron chi connectivity index (χ4n) is 2.82. The molecule has 0 radical (unpaired) electrons. The van der Waals surface area contributed by atoms with Gasteiger partial charge in [0.25, 0.3) is 15.9 Å². The predicted molar refractivity (Wildman–Crippen MR) is 94.1 cm³/mol. The number of likely N-dealkylation sites (tertiary alicyclic amines) is 1. The normalized spacial score (nSPS) is 15.7. The van der Waals surface area contributed by atoms with E-state index in [1.165, 1.54) is 30.7 Å². The number of benzene rings is 1. The number of furan rings is 1. The topological polar surface area (TPSA) is 96.7 Å². The van der Waals surface area contributed by atoms with Crippen LogP contribution in [-0.4, -0.2) is 38.2 Å². The first-order valence-electron chi connectivity index (χ1n) is 8.00. The molecule has 1 fully saturated rings. The maximum Gasteiger partial charge on any atom is 0.264 e. The van der Waals surface area contributed by atoms with Gasteiger partial charge in [0.05, 0.1) is 16.7 Å². The van der Waals surface area contributed by atoms with E-state index in [-0.39, 0.29) is 15.8 Å². The Kier molecular flexibility index (Phi) is 5.33. The van der Waals surface area contributed by atoms with Crippen LogP contribution in [0.15, 0.2) is 52.2 Å². The first kappa shape index (κ1) is 18.5. The van der Waals surface area contributed by atoms with Crippen LogP contribution < -0.4 is 4.72 Å². The van der Waals surface area contributed by atoms with Crippen molar-refractivity contribution in [3.8, 4) is 0 Å². The minimum atomic E-state index is -3.97. The summed E-state index contributed by atoms with van der Waals surface area (Å²) in [6.07, 6.45) is 3.58. The molecular weight excluding hydrogens is 380 g/mol. The van der Waals surface area contributed by atoms with Gasteiger partial charge in [-0.2, -0.15) is 0 Å². The molecule has 2 heterocycles. The first-order valence-corrected chi connectivity index (χ1v) is 9.86. The highest BCUT2D eigenvalue weighted by molar-refractivity contribution is 7.90. The lowest BCUT2D eigenvalue weighted by atomic mass is 9.96. The van der Waals surface area contributed by atoms with Crippen LogP contribution in [0, 0.1) is 5.92 Å². The summed E-state index contributed by atoms with van der Waals surface area (Å²) in [5.74, 6) is -1.21. The minimum absolute atomic E-state index is 0.0640. The van der Waals surface area contributed by atoms with E-state index in [0.717, 1.165) is 0 Å². The van der Waals surface area contributed by atoms with Crippen molar-refractivity contribution in [3.05, 3.63) is 53.4 Å². The molecule has 2 aromatic rings. The van der Waals surface area contributed by atoms with E-state index < -0.39 is 21.8 Å². The van der Waals surface area contributed by atoms with Crippen molar-refractivity contribution < 1.29 is 22.4 Å². The first-order chi connectivity index (χ1) is 12.4. The average molecular weight is 397 g/mol. The maximum absolute atomic E-state index is 12.3. The third-order valence-corrected chi connectivity index (χ3v) is 5.84. The number of sulfonamides is 1. The minimum Gasteiger partial charge on any atom is -0.472 e. The zero-order chi connectivity index (χ0) is 18.7. The Bertz CT molecular complexity index is 903. The molecule has 0 spiro atoms. The molecule has 26 heavy (non-hydrogen) atoms. The van der Waals surface area contributed by atoms with Crippen molar-refractivity contribution in [3.63, 3.8) is 0 Å². The van der Waals surface area contributed by atoms with Gasteiger partial charge in [-0.25, -0.2) is 13.1 Å². The molecule has 2 amide bonds. The fourth-order valence-corrected chi connectivity index (χ4v) is 4.17. The fraction of sp³-hybridized carbons (Fsp3) is 0.294. The second-order valence-corrected chi connectivity index (χ2v) is 8.12. The molecule has 0 atom stereocenters. The van der Waals surface area contributed by atoms with Gasteiger partial charge in [-0.3, -0.25) is 9.59 Å². The lowest BCUT2D eigenvalue weighted by Crippen LogP contribution is -2.44. The van der Waals surface area contributed by atoms with Crippen LogP contribution in [0.3, 0.4) is 0 Å². The van der Waals surface area contributed by atoms with E-state index in [2.05, 4.69) is 4.72 Å². The molecule has 0 unspecified atom stereocenters. The van der Waals surface area contributed by atoms with Crippen molar-refractivity contribution in [2.75, 3.05) is 13.1 Å². The Morgan fingerprint density at radius 2 is 1.92 bits per heavy atom. The third-order valence-electron chi connectivity index (χ3n) is 4.26. The average Bonchev–Trinajstić information content (AvgIpc) is 3.15. The van der Waals surface area contributed by atoms with E-state index in [4.69, 9.17) is 16.0 Å². The summed E-state index contributed by atoms with van der Waals surface area (Å²) in [7, 11) is -3.97. The predicted octanol–water partition coefficient (Wildman–Crippen LogP) is 2.29. The Morgan fingerprint density at radius 1 is 1.19 bits per heavy atom. The zero-order valence-corrected chi connectivity index (χ0v) is 15.3. The number of halogens is 1. The number of carbonyl (C=O) groups is 2. The quantitative estimate of drug-likeness (QED) is 0.855. The molecule has 138 valence electrons. The number of hydrogen-bond acceptors (Lipinski definition) is 5. The summed E-state index contributed by atoms with van der Waals surface area (Å²) in [5, 5.41) is 0.270. The molecule has 1 N–H and O–H groups in total. The highest BCUT2D eigenvalue weighted by Crippen LogP contribution is 2.21. The molecule has 3 rings (SSSR count). The summed E-state index contributed by atoms with van der Waals surface area (Å²) in [5.41, 5.74) is 0.455. The molecule has 1 aromatic heterocycles. The number of amides is 2. The maximum atomic E-state index is 12.3. The molecule has 1 aliphatic heterocycles. The van der Waals surface area contributed by atoms with Crippen molar-refractivity contribution in [1.82, 2.24) is 9.62 Å². The van der Waals surface area contributed by atoms with Gasteiger partial charge in [-0.15, -0.1) is 0 Å². The van der Waals surface area contributed by atoms with E-state index in [0.29, 0.717) is 31.5 Å². The molecule has 7 nitrogen and oxygen atoms in total. The van der Waals surface area contributed by atoms with E-state index in [1.807, 2.05) is 0 Å². The van der Waals surface area contributed by atoms with Gasteiger partial charge in [-0.1, -0.05) is 17.7 Å². The van der Waals surface area contributed by atoms with Crippen LogP contribution in [0.4, 0.5) is 0 Å². The Labute approximate surface area is 156 Å². The SMILES string of the molecule is O=C(NS(=O)(=O)c1cccc(Cl)c1)C1CCN(C(=O)c2ccoc2)CC1. The van der Waals surface area contributed by atoms with Gasteiger partial charge in [0, 0.05) is 24.0 Å².